The van der Waals surface area contributed by atoms with Gasteiger partial charge in [0, 0.05) is 47.3 Å². The molecule has 0 saturated heterocycles. The highest BCUT2D eigenvalue weighted by atomic mass is 32.1. The van der Waals surface area contributed by atoms with E-state index in [9.17, 15) is 23.2 Å². The van der Waals surface area contributed by atoms with Crippen LogP contribution < -0.4 is 5.73 Å². The number of alkyl halides is 3. The van der Waals surface area contributed by atoms with E-state index in [1.165, 1.54) is 28.3 Å². The number of thiophene rings is 1. The van der Waals surface area contributed by atoms with Gasteiger partial charge in [-0.05, 0) is 42.5 Å². The van der Waals surface area contributed by atoms with E-state index >= 15 is 0 Å². The maximum absolute atomic E-state index is 13.9. The third-order valence-electron chi connectivity index (χ3n) is 6.74. The molecule has 2 aromatic heterocycles. The van der Waals surface area contributed by atoms with E-state index in [1.54, 1.807) is 48.2 Å². The average Bonchev–Trinajstić information content (AvgIpc) is 3.25. The van der Waals surface area contributed by atoms with Gasteiger partial charge in [0.15, 0.2) is 5.69 Å². The number of aromatic nitrogens is 2. The summed E-state index contributed by atoms with van der Waals surface area (Å²) in [5, 5.41) is 13.3. The summed E-state index contributed by atoms with van der Waals surface area (Å²) in [5.41, 5.74) is 6.66. The van der Waals surface area contributed by atoms with Crippen molar-refractivity contribution in [2.45, 2.75) is 50.5 Å². The number of rotatable bonds is 5. The maximum atomic E-state index is 13.9. The van der Waals surface area contributed by atoms with Crippen LogP contribution >= 0.6 is 11.3 Å². The number of hydrogen-bond acceptors (Lipinski definition) is 5. The molecule has 1 saturated carbocycles. The molecule has 1 aromatic carbocycles. The van der Waals surface area contributed by atoms with Crippen molar-refractivity contribution in [3.63, 3.8) is 0 Å². The Labute approximate surface area is 210 Å². The number of nitriles is 1. The van der Waals surface area contributed by atoms with Gasteiger partial charge in [-0.3, -0.25) is 9.48 Å². The Hall–Kier alpha value is -3.42. The van der Waals surface area contributed by atoms with Crippen molar-refractivity contribution < 1.29 is 18.0 Å². The molecule has 1 amide bonds. The van der Waals surface area contributed by atoms with Crippen LogP contribution in [0.25, 0.3) is 11.1 Å². The van der Waals surface area contributed by atoms with Crippen LogP contribution in [0.4, 0.5) is 13.2 Å². The molecule has 0 spiro atoms. The van der Waals surface area contributed by atoms with Crippen molar-refractivity contribution in [2.75, 3.05) is 6.54 Å². The summed E-state index contributed by atoms with van der Waals surface area (Å²) in [5.74, 6) is -0.610. The smallest absolute Gasteiger partial charge is 0.333 e. The molecule has 1 aliphatic carbocycles. The Kier molecular flexibility index (Phi) is 6.01. The average molecular weight is 512 g/mol. The monoisotopic (exact) mass is 511 g/mol. The van der Waals surface area contributed by atoms with Gasteiger partial charge < -0.3 is 10.6 Å². The molecule has 1 atom stereocenters. The molecule has 1 fully saturated rings. The number of benzene rings is 1. The molecule has 36 heavy (non-hydrogen) atoms. The molecule has 1 aliphatic heterocycles. The van der Waals surface area contributed by atoms with Crippen LogP contribution in [-0.2, 0) is 24.1 Å². The van der Waals surface area contributed by atoms with Crippen LogP contribution in [0.1, 0.15) is 52.3 Å². The van der Waals surface area contributed by atoms with Crippen molar-refractivity contribution in [1.29, 1.82) is 5.26 Å². The minimum Gasteiger partial charge on any atom is -0.333 e. The highest BCUT2D eigenvalue weighted by Crippen LogP contribution is 2.44. The molecule has 6 nitrogen and oxygen atoms in total. The molecular formula is C26H24F3N5OS. The zero-order chi connectivity index (χ0) is 25.7. The minimum atomic E-state index is -4.62. The quantitative estimate of drug-likeness (QED) is 0.486. The van der Waals surface area contributed by atoms with Gasteiger partial charge in [-0.2, -0.15) is 23.5 Å². The Morgan fingerprint density at radius 1 is 1.31 bits per heavy atom. The number of halogens is 3. The summed E-state index contributed by atoms with van der Waals surface area (Å²) in [7, 11) is 0. The molecule has 10 heteroatoms. The van der Waals surface area contributed by atoms with Crippen molar-refractivity contribution in [3.05, 3.63) is 75.3 Å². The lowest BCUT2D eigenvalue weighted by molar-refractivity contribution is -0.141. The van der Waals surface area contributed by atoms with E-state index in [2.05, 4.69) is 11.2 Å². The van der Waals surface area contributed by atoms with Crippen molar-refractivity contribution in [2.24, 2.45) is 5.73 Å². The molecule has 3 heterocycles. The maximum Gasteiger partial charge on any atom is 0.435 e. The summed E-state index contributed by atoms with van der Waals surface area (Å²) in [6.07, 6.45) is 1.69. The van der Waals surface area contributed by atoms with Crippen molar-refractivity contribution >= 4 is 17.2 Å². The van der Waals surface area contributed by atoms with Gasteiger partial charge in [0.25, 0.3) is 0 Å². The Morgan fingerprint density at radius 3 is 2.72 bits per heavy atom. The van der Waals surface area contributed by atoms with E-state index in [4.69, 9.17) is 5.73 Å². The first kappa shape index (κ1) is 24.3. The summed E-state index contributed by atoms with van der Waals surface area (Å²) < 4.78 is 43.0. The number of aryl methyl sites for hydroxylation is 1. The second-order valence-electron chi connectivity index (χ2n) is 9.27. The fraction of sp³-hybridized carbons (Fsp3) is 0.346. The topological polar surface area (TPSA) is 87.9 Å². The first-order chi connectivity index (χ1) is 17.1. The standard InChI is InChI=1S/C26H24F3N5OS/c1-2-34-14-21(24(32-34)26(27,28)29)18-6-4-3-5-17(18)20-13-33(23(35)7-8-25(31)9-10-25)15-22-19(20)11-16(12-30)36-22/h3-8,11,14,20H,2,9-10,13,15,31H2,1H3/b8-7+/t20-/m0/s1. The van der Waals surface area contributed by atoms with Crippen molar-refractivity contribution in [1.82, 2.24) is 14.7 Å². The third kappa shape index (κ3) is 4.56. The summed E-state index contributed by atoms with van der Waals surface area (Å²) in [6.45, 7) is 2.64. The highest BCUT2D eigenvalue weighted by Gasteiger charge is 2.40. The predicted octanol–water partition coefficient (Wildman–Crippen LogP) is 5.04. The van der Waals surface area contributed by atoms with E-state index in [1.807, 2.05) is 0 Å². The number of amides is 1. The number of carbonyl (C=O) groups excluding carboxylic acids is 1. The van der Waals surface area contributed by atoms with Gasteiger partial charge in [-0.15, -0.1) is 11.3 Å². The van der Waals surface area contributed by atoms with Gasteiger partial charge in [0.05, 0.1) is 6.54 Å². The molecule has 0 unspecified atom stereocenters. The lowest BCUT2D eigenvalue weighted by Gasteiger charge is -2.33. The molecule has 0 radical (unpaired) electrons. The Bertz CT molecular complexity index is 1390. The highest BCUT2D eigenvalue weighted by molar-refractivity contribution is 7.12. The fourth-order valence-corrected chi connectivity index (χ4v) is 5.63. The second-order valence-corrected chi connectivity index (χ2v) is 10.4. The predicted molar refractivity (Wildman–Crippen MR) is 130 cm³/mol. The fourth-order valence-electron chi connectivity index (χ4n) is 4.60. The lowest BCUT2D eigenvalue weighted by Crippen LogP contribution is -2.37. The third-order valence-corrected chi connectivity index (χ3v) is 7.78. The van der Waals surface area contributed by atoms with E-state index in [0.29, 0.717) is 29.1 Å². The second kappa shape index (κ2) is 8.91. The number of fused-ring (bicyclic) bond motifs is 1. The number of hydrogen-bond donors (Lipinski definition) is 1. The van der Waals surface area contributed by atoms with Crippen LogP contribution in [0.2, 0.25) is 0 Å². The molecular weight excluding hydrogens is 487 g/mol. The normalized spacial score (nSPS) is 18.8. The van der Waals surface area contributed by atoms with Crippen LogP contribution in [-0.4, -0.2) is 32.7 Å². The van der Waals surface area contributed by atoms with Crippen LogP contribution in [0.5, 0.6) is 0 Å². The van der Waals surface area contributed by atoms with Gasteiger partial charge in [-0.1, -0.05) is 30.3 Å². The number of carbonyl (C=O) groups is 1. The SMILES string of the molecule is CCn1cc(-c2ccccc2[C@@H]2CN(C(=O)/C=C/C3(N)CC3)Cc3sc(C#N)cc32)c(C(F)(F)F)n1. The number of nitrogens with zero attached hydrogens (tertiary/aromatic N) is 4. The van der Waals surface area contributed by atoms with Gasteiger partial charge in [-0.25, -0.2) is 0 Å². The van der Waals surface area contributed by atoms with E-state index < -0.39 is 23.3 Å². The van der Waals surface area contributed by atoms with E-state index in [0.717, 1.165) is 23.3 Å². The lowest BCUT2D eigenvalue weighted by atomic mass is 9.83. The van der Waals surface area contributed by atoms with Gasteiger partial charge in [0.2, 0.25) is 5.91 Å². The zero-order valence-corrected chi connectivity index (χ0v) is 20.4. The van der Waals surface area contributed by atoms with Crippen LogP contribution in [0.3, 0.4) is 0 Å². The minimum absolute atomic E-state index is 0.000566. The molecule has 2 aliphatic rings. The summed E-state index contributed by atoms with van der Waals surface area (Å²) >= 11 is 1.31. The first-order valence-corrected chi connectivity index (χ1v) is 12.5. The van der Waals surface area contributed by atoms with Gasteiger partial charge >= 0.3 is 6.18 Å². The van der Waals surface area contributed by atoms with Crippen LogP contribution in [0.15, 0.2) is 48.7 Å². The largest absolute Gasteiger partial charge is 0.435 e. The molecule has 3 aromatic rings. The Morgan fingerprint density at radius 2 is 2.06 bits per heavy atom. The molecule has 186 valence electrons. The summed E-state index contributed by atoms with van der Waals surface area (Å²) in [4.78, 5) is 16.1. The molecule has 0 bridgehead atoms. The Balaban J connectivity index is 1.60. The number of nitrogens with two attached hydrogens (primary N) is 1. The van der Waals surface area contributed by atoms with Gasteiger partial charge in [0.1, 0.15) is 10.9 Å². The van der Waals surface area contributed by atoms with Crippen molar-refractivity contribution in [3.8, 4) is 17.2 Å². The van der Waals surface area contributed by atoms with Crippen LogP contribution in [0, 0.1) is 11.3 Å². The summed E-state index contributed by atoms with van der Waals surface area (Å²) in [6, 6.07) is 10.9. The first-order valence-electron chi connectivity index (χ1n) is 11.7. The molecule has 2 N–H and O–H groups in total. The molecule has 5 rings (SSSR count). The van der Waals surface area contributed by atoms with E-state index in [-0.39, 0.29) is 18.0 Å². The zero-order valence-electron chi connectivity index (χ0n) is 19.5.